The first kappa shape index (κ1) is 12.5. The number of benzene rings is 1. The van der Waals surface area contributed by atoms with Gasteiger partial charge in [0.15, 0.2) is 0 Å². The quantitative estimate of drug-likeness (QED) is 0.634. The number of hydrogen-bond acceptors (Lipinski definition) is 2. The average molecular weight is 232 g/mol. The molecule has 0 spiro atoms. The van der Waals surface area contributed by atoms with Crippen molar-refractivity contribution < 1.29 is 4.79 Å². The minimum Gasteiger partial charge on any atom is -0.339 e. The van der Waals surface area contributed by atoms with Gasteiger partial charge in [-0.1, -0.05) is 37.0 Å². The molecule has 4 heteroatoms. The van der Waals surface area contributed by atoms with E-state index in [1.54, 1.807) is 0 Å². The topological polar surface area (TPSA) is 52.9 Å². The van der Waals surface area contributed by atoms with E-state index in [0.717, 1.165) is 0 Å². The van der Waals surface area contributed by atoms with Crippen molar-refractivity contribution in [3.05, 3.63) is 29.8 Å². The van der Waals surface area contributed by atoms with E-state index in [1.165, 1.54) is 5.19 Å². The SMILES string of the molecule is C[Si](C)(C)c1ccc(C(=O)NCC#N)cc1. The molecule has 0 radical (unpaired) electrons. The smallest absolute Gasteiger partial charge is 0.252 e. The van der Waals surface area contributed by atoms with Gasteiger partial charge in [0, 0.05) is 5.56 Å². The van der Waals surface area contributed by atoms with Gasteiger partial charge < -0.3 is 5.32 Å². The summed E-state index contributed by atoms with van der Waals surface area (Å²) < 4.78 is 0. The molecule has 0 fully saturated rings. The van der Waals surface area contributed by atoms with Gasteiger partial charge in [-0.25, -0.2) is 0 Å². The van der Waals surface area contributed by atoms with Crippen molar-refractivity contribution in [2.45, 2.75) is 19.6 Å². The number of carbonyl (C=O) groups is 1. The van der Waals surface area contributed by atoms with Crippen molar-refractivity contribution in [1.82, 2.24) is 5.32 Å². The number of nitriles is 1. The van der Waals surface area contributed by atoms with Crippen LogP contribution in [0, 0.1) is 11.3 Å². The van der Waals surface area contributed by atoms with Gasteiger partial charge in [-0.05, 0) is 12.1 Å². The highest BCUT2D eigenvalue weighted by molar-refractivity contribution is 6.88. The molecule has 0 aliphatic rings. The molecule has 84 valence electrons. The molecule has 0 aromatic heterocycles. The fourth-order valence-electron chi connectivity index (χ4n) is 1.34. The van der Waals surface area contributed by atoms with Crippen molar-refractivity contribution in [3.8, 4) is 6.07 Å². The third-order valence-electron chi connectivity index (χ3n) is 2.34. The summed E-state index contributed by atoms with van der Waals surface area (Å²) in [6, 6.07) is 9.53. The summed E-state index contributed by atoms with van der Waals surface area (Å²) in [6.45, 7) is 6.84. The third kappa shape index (κ3) is 3.21. The summed E-state index contributed by atoms with van der Waals surface area (Å²) in [5.74, 6) is -0.191. The van der Waals surface area contributed by atoms with E-state index in [4.69, 9.17) is 5.26 Å². The van der Waals surface area contributed by atoms with Crippen molar-refractivity contribution in [2.24, 2.45) is 0 Å². The van der Waals surface area contributed by atoms with Crippen LogP contribution in [0.4, 0.5) is 0 Å². The van der Waals surface area contributed by atoms with Crippen LogP contribution in [-0.4, -0.2) is 20.5 Å². The Balaban J connectivity index is 2.80. The minimum absolute atomic E-state index is 0.0502. The Morgan fingerprint density at radius 1 is 1.31 bits per heavy atom. The Morgan fingerprint density at radius 3 is 2.31 bits per heavy atom. The maximum Gasteiger partial charge on any atom is 0.252 e. The number of hydrogen-bond donors (Lipinski definition) is 1. The molecule has 1 aromatic rings. The summed E-state index contributed by atoms with van der Waals surface area (Å²) in [5.41, 5.74) is 0.609. The first-order chi connectivity index (χ1) is 7.45. The zero-order valence-electron chi connectivity index (χ0n) is 9.87. The van der Waals surface area contributed by atoms with Crippen LogP contribution >= 0.6 is 0 Å². The zero-order valence-corrected chi connectivity index (χ0v) is 10.9. The van der Waals surface area contributed by atoms with Gasteiger partial charge in [0.05, 0.1) is 14.1 Å². The maximum atomic E-state index is 11.5. The molecule has 0 atom stereocenters. The molecule has 16 heavy (non-hydrogen) atoms. The van der Waals surface area contributed by atoms with Crippen LogP contribution in [0.25, 0.3) is 0 Å². The Morgan fingerprint density at radius 2 is 1.88 bits per heavy atom. The standard InChI is InChI=1S/C12H16N2OSi/c1-16(2,3)11-6-4-10(5-7-11)12(15)14-9-8-13/h4-7H,9H2,1-3H3,(H,14,15). The first-order valence-corrected chi connectivity index (χ1v) is 8.71. The van der Waals surface area contributed by atoms with E-state index < -0.39 is 8.07 Å². The molecule has 0 aliphatic heterocycles. The molecule has 1 amide bonds. The van der Waals surface area contributed by atoms with E-state index in [2.05, 4.69) is 25.0 Å². The molecular formula is C12H16N2OSi. The highest BCUT2D eigenvalue weighted by Crippen LogP contribution is 2.04. The molecule has 0 bridgehead atoms. The lowest BCUT2D eigenvalue weighted by molar-refractivity contribution is 0.0958. The number of nitrogens with zero attached hydrogens (tertiary/aromatic N) is 1. The maximum absolute atomic E-state index is 11.5. The fourth-order valence-corrected chi connectivity index (χ4v) is 2.51. The highest BCUT2D eigenvalue weighted by atomic mass is 28.3. The second kappa shape index (κ2) is 4.95. The van der Waals surface area contributed by atoms with Crippen LogP contribution in [0.5, 0.6) is 0 Å². The molecule has 0 unspecified atom stereocenters. The zero-order chi connectivity index (χ0) is 12.2. The molecule has 1 rings (SSSR count). The van der Waals surface area contributed by atoms with Gasteiger partial charge in [-0.15, -0.1) is 0 Å². The summed E-state index contributed by atoms with van der Waals surface area (Å²) in [6.07, 6.45) is 0. The molecule has 1 aromatic carbocycles. The van der Waals surface area contributed by atoms with Gasteiger partial charge in [0.2, 0.25) is 0 Å². The van der Waals surface area contributed by atoms with Gasteiger partial charge in [-0.2, -0.15) is 5.26 Å². The molecular weight excluding hydrogens is 216 g/mol. The first-order valence-electron chi connectivity index (χ1n) is 5.21. The van der Waals surface area contributed by atoms with E-state index in [9.17, 15) is 4.79 Å². The Bertz CT molecular complexity index is 412. The number of rotatable bonds is 3. The van der Waals surface area contributed by atoms with Gasteiger partial charge in [-0.3, -0.25) is 4.79 Å². The van der Waals surface area contributed by atoms with Gasteiger partial charge >= 0.3 is 0 Å². The van der Waals surface area contributed by atoms with Crippen molar-refractivity contribution in [1.29, 1.82) is 5.26 Å². The lowest BCUT2D eigenvalue weighted by Crippen LogP contribution is -2.37. The van der Waals surface area contributed by atoms with E-state index >= 15 is 0 Å². The fraction of sp³-hybridized carbons (Fsp3) is 0.333. The summed E-state index contributed by atoms with van der Waals surface area (Å²) in [5, 5.41) is 12.2. The van der Waals surface area contributed by atoms with Gasteiger partial charge in [0.1, 0.15) is 6.54 Å². The third-order valence-corrected chi connectivity index (χ3v) is 4.41. The lowest BCUT2D eigenvalue weighted by Gasteiger charge is -2.16. The molecule has 0 saturated heterocycles. The average Bonchev–Trinajstić information content (AvgIpc) is 2.25. The number of nitrogens with one attached hydrogen (secondary N) is 1. The van der Waals surface area contributed by atoms with E-state index in [0.29, 0.717) is 5.56 Å². The Labute approximate surface area is 97.1 Å². The van der Waals surface area contributed by atoms with Crippen molar-refractivity contribution >= 4 is 19.2 Å². The minimum atomic E-state index is -1.30. The number of carbonyl (C=O) groups excluding carboxylic acids is 1. The molecule has 1 N–H and O–H groups in total. The van der Waals surface area contributed by atoms with Crippen molar-refractivity contribution in [2.75, 3.05) is 6.54 Å². The molecule has 0 heterocycles. The van der Waals surface area contributed by atoms with E-state index in [1.807, 2.05) is 30.3 Å². The van der Waals surface area contributed by atoms with Crippen LogP contribution < -0.4 is 10.5 Å². The van der Waals surface area contributed by atoms with E-state index in [-0.39, 0.29) is 12.5 Å². The second-order valence-corrected chi connectivity index (χ2v) is 9.75. The number of amides is 1. The van der Waals surface area contributed by atoms with Crippen LogP contribution in [0.1, 0.15) is 10.4 Å². The molecule has 0 saturated carbocycles. The normalized spacial score (nSPS) is 10.6. The van der Waals surface area contributed by atoms with Crippen LogP contribution in [0.15, 0.2) is 24.3 Å². The Hall–Kier alpha value is -1.60. The van der Waals surface area contributed by atoms with Crippen molar-refractivity contribution in [3.63, 3.8) is 0 Å². The van der Waals surface area contributed by atoms with Crippen LogP contribution in [0.2, 0.25) is 19.6 Å². The van der Waals surface area contributed by atoms with Crippen LogP contribution in [0.3, 0.4) is 0 Å². The highest BCUT2D eigenvalue weighted by Gasteiger charge is 2.16. The largest absolute Gasteiger partial charge is 0.339 e. The lowest BCUT2D eigenvalue weighted by atomic mass is 10.2. The monoisotopic (exact) mass is 232 g/mol. The Kier molecular flexibility index (Phi) is 3.86. The predicted octanol–water partition coefficient (Wildman–Crippen LogP) is 1.49. The second-order valence-electron chi connectivity index (χ2n) is 4.67. The summed E-state index contributed by atoms with van der Waals surface area (Å²) in [7, 11) is -1.30. The molecule has 0 aliphatic carbocycles. The predicted molar refractivity (Wildman–Crippen MR) is 67.4 cm³/mol. The molecule has 3 nitrogen and oxygen atoms in total. The van der Waals surface area contributed by atoms with Gasteiger partial charge in [0.25, 0.3) is 5.91 Å². The summed E-state index contributed by atoms with van der Waals surface area (Å²) >= 11 is 0. The summed E-state index contributed by atoms with van der Waals surface area (Å²) in [4.78, 5) is 11.5. The van der Waals surface area contributed by atoms with Crippen LogP contribution in [-0.2, 0) is 0 Å².